The van der Waals surface area contributed by atoms with Gasteiger partial charge in [-0.25, -0.2) is 4.79 Å². The fourth-order valence-electron chi connectivity index (χ4n) is 2.77. The van der Waals surface area contributed by atoms with Crippen molar-refractivity contribution in [3.05, 3.63) is 54.6 Å². The molecule has 1 heterocycles. The van der Waals surface area contributed by atoms with Crippen LogP contribution in [0.5, 0.6) is 11.5 Å². The fraction of sp³-hybridized carbons (Fsp3) is 0.350. The molecule has 2 amide bonds. The molecule has 2 aromatic rings. The van der Waals surface area contributed by atoms with Crippen LogP contribution in [0.1, 0.15) is 6.42 Å². The van der Waals surface area contributed by atoms with Gasteiger partial charge in [-0.15, -0.1) is 0 Å². The van der Waals surface area contributed by atoms with Crippen molar-refractivity contribution < 1.29 is 14.3 Å². The van der Waals surface area contributed by atoms with Crippen molar-refractivity contribution in [2.75, 3.05) is 44.7 Å². The highest BCUT2D eigenvalue weighted by Gasteiger charge is 2.09. The van der Waals surface area contributed by atoms with Crippen molar-refractivity contribution in [2.24, 2.45) is 0 Å². The Morgan fingerprint density at radius 2 is 1.81 bits per heavy atom. The van der Waals surface area contributed by atoms with Gasteiger partial charge in [0.15, 0.2) is 0 Å². The molecular formula is C20H25N3O3. The van der Waals surface area contributed by atoms with E-state index in [2.05, 4.69) is 15.5 Å². The zero-order valence-electron chi connectivity index (χ0n) is 14.8. The first-order chi connectivity index (χ1) is 12.8. The molecule has 0 spiro atoms. The van der Waals surface area contributed by atoms with Gasteiger partial charge in [-0.3, -0.25) is 4.90 Å². The number of hydrogen-bond donors (Lipinski definition) is 2. The zero-order valence-corrected chi connectivity index (χ0v) is 14.8. The maximum Gasteiger partial charge on any atom is 0.319 e. The first-order valence-electron chi connectivity index (χ1n) is 8.97. The van der Waals surface area contributed by atoms with E-state index in [9.17, 15) is 4.79 Å². The van der Waals surface area contributed by atoms with Gasteiger partial charge in [-0.2, -0.15) is 0 Å². The van der Waals surface area contributed by atoms with Crippen molar-refractivity contribution in [2.45, 2.75) is 6.42 Å². The van der Waals surface area contributed by atoms with Crippen molar-refractivity contribution in [3.8, 4) is 11.5 Å². The molecule has 1 saturated heterocycles. The summed E-state index contributed by atoms with van der Waals surface area (Å²) in [5.41, 5.74) is 0.698. The summed E-state index contributed by atoms with van der Waals surface area (Å²) >= 11 is 0. The molecule has 2 N–H and O–H groups in total. The van der Waals surface area contributed by atoms with E-state index in [-0.39, 0.29) is 6.03 Å². The number of nitrogens with one attached hydrogen (secondary N) is 2. The third-order valence-corrected chi connectivity index (χ3v) is 4.11. The van der Waals surface area contributed by atoms with Crippen LogP contribution in [0.3, 0.4) is 0 Å². The van der Waals surface area contributed by atoms with E-state index in [0.717, 1.165) is 45.0 Å². The maximum absolute atomic E-state index is 12.0. The minimum absolute atomic E-state index is 0.205. The number of para-hydroxylation sites is 1. The molecule has 0 bridgehead atoms. The van der Waals surface area contributed by atoms with Gasteiger partial charge < -0.3 is 20.1 Å². The van der Waals surface area contributed by atoms with E-state index in [1.807, 2.05) is 48.5 Å². The number of rotatable bonds is 7. The van der Waals surface area contributed by atoms with Gasteiger partial charge in [0.25, 0.3) is 0 Å². The third kappa shape index (κ3) is 6.06. The minimum Gasteiger partial charge on any atom is -0.457 e. The number of ether oxygens (including phenoxy) is 2. The Balaban J connectivity index is 1.40. The molecule has 138 valence electrons. The number of carbonyl (C=O) groups is 1. The van der Waals surface area contributed by atoms with Crippen LogP contribution >= 0.6 is 0 Å². The molecule has 0 aliphatic carbocycles. The van der Waals surface area contributed by atoms with Crippen LogP contribution in [0.4, 0.5) is 10.5 Å². The van der Waals surface area contributed by atoms with Crippen molar-refractivity contribution in [3.63, 3.8) is 0 Å². The molecule has 6 nitrogen and oxygen atoms in total. The third-order valence-electron chi connectivity index (χ3n) is 4.11. The fourth-order valence-corrected chi connectivity index (χ4v) is 2.77. The summed E-state index contributed by atoms with van der Waals surface area (Å²) in [4.78, 5) is 14.4. The number of anilines is 1. The molecule has 26 heavy (non-hydrogen) atoms. The van der Waals surface area contributed by atoms with Gasteiger partial charge >= 0.3 is 6.03 Å². The number of benzene rings is 2. The lowest BCUT2D eigenvalue weighted by Crippen LogP contribution is -2.38. The number of urea groups is 1. The predicted molar refractivity (Wildman–Crippen MR) is 102 cm³/mol. The molecule has 1 aliphatic heterocycles. The quantitative estimate of drug-likeness (QED) is 0.748. The molecular weight excluding hydrogens is 330 g/mol. The van der Waals surface area contributed by atoms with Gasteiger partial charge in [0.05, 0.1) is 13.2 Å². The van der Waals surface area contributed by atoms with E-state index in [0.29, 0.717) is 18.0 Å². The van der Waals surface area contributed by atoms with Gasteiger partial charge in [0, 0.05) is 31.4 Å². The highest BCUT2D eigenvalue weighted by atomic mass is 16.5. The monoisotopic (exact) mass is 355 g/mol. The lowest BCUT2D eigenvalue weighted by Gasteiger charge is -2.26. The Bertz CT molecular complexity index is 688. The minimum atomic E-state index is -0.205. The molecule has 0 unspecified atom stereocenters. The Morgan fingerprint density at radius 1 is 1.04 bits per heavy atom. The van der Waals surface area contributed by atoms with Crippen LogP contribution in [0, 0.1) is 0 Å². The number of nitrogens with zero attached hydrogens (tertiary/aromatic N) is 1. The van der Waals surface area contributed by atoms with Crippen molar-refractivity contribution in [1.29, 1.82) is 0 Å². The summed E-state index contributed by atoms with van der Waals surface area (Å²) in [5.74, 6) is 1.44. The number of morpholine rings is 1. The largest absolute Gasteiger partial charge is 0.457 e. The summed E-state index contributed by atoms with van der Waals surface area (Å²) in [6.45, 7) is 5.17. The first-order valence-corrected chi connectivity index (χ1v) is 8.97. The Kier molecular flexibility index (Phi) is 6.87. The normalized spacial score (nSPS) is 14.6. The molecule has 0 aromatic heterocycles. The van der Waals surface area contributed by atoms with Gasteiger partial charge in [0.1, 0.15) is 11.5 Å². The Hall–Kier alpha value is -2.57. The standard InChI is InChI=1S/C20H25N3O3/c24-20(21-10-5-11-23-12-14-25-15-13-23)22-17-6-4-9-19(16-17)26-18-7-2-1-3-8-18/h1-4,6-9,16H,5,10-15H2,(H2,21,22,24). The predicted octanol–water partition coefficient (Wildman–Crippen LogP) is 3.32. The molecule has 0 atom stereocenters. The van der Waals surface area contributed by atoms with Crippen LogP contribution in [0.15, 0.2) is 54.6 Å². The summed E-state index contributed by atoms with van der Waals surface area (Å²) in [6, 6.07) is 16.7. The number of carbonyl (C=O) groups excluding carboxylic acids is 1. The summed E-state index contributed by atoms with van der Waals surface area (Å²) in [5, 5.41) is 5.73. The molecule has 0 saturated carbocycles. The summed E-state index contributed by atoms with van der Waals surface area (Å²) < 4.78 is 11.1. The van der Waals surface area contributed by atoms with E-state index in [4.69, 9.17) is 9.47 Å². The molecule has 0 radical (unpaired) electrons. The SMILES string of the molecule is O=C(NCCCN1CCOCC1)Nc1cccc(Oc2ccccc2)c1. The van der Waals surface area contributed by atoms with Gasteiger partial charge in [-0.1, -0.05) is 24.3 Å². The van der Waals surface area contributed by atoms with Crippen LogP contribution < -0.4 is 15.4 Å². The van der Waals surface area contributed by atoms with E-state index < -0.39 is 0 Å². The van der Waals surface area contributed by atoms with Gasteiger partial charge in [-0.05, 0) is 37.2 Å². The molecule has 6 heteroatoms. The summed E-state index contributed by atoms with van der Waals surface area (Å²) in [7, 11) is 0. The van der Waals surface area contributed by atoms with Gasteiger partial charge in [0.2, 0.25) is 0 Å². The van der Waals surface area contributed by atoms with Crippen LogP contribution in [-0.2, 0) is 4.74 Å². The average molecular weight is 355 g/mol. The van der Waals surface area contributed by atoms with Crippen molar-refractivity contribution in [1.82, 2.24) is 10.2 Å². The highest BCUT2D eigenvalue weighted by molar-refractivity contribution is 5.89. The Labute approximate surface area is 154 Å². The second-order valence-corrected chi connectivity index (χ2v) is 6.13. The zero-order chi connectivity index (χ0) is 18.0. The average Bonchev–Trinajstić information content (AvgIpc) is 2.67. The van der Waals surface area contributed by atoms with E-state index in [1.54, 1.807) is 6.07 Å². The molecule has 2 aromatic carbocycles. The Morgan fingerprint density at radius 3 is 2.62 bits per heavy atom. The maximum atomic E-state index is 12.0. The summed E-state index contributed by atoms with van der Waals surface area (Å²) in [6.07, 6.45) is 0.921. The number of amides is 2. The van der Waals surface area contributed by atoms with Crippen LogP contribution in [0.25, 0.3) is 0 Å². The van der Waals surface area contributed by atoms with E-state index in [1.165, 1.54) is 0 Å². The second kappa shape index (κ2) is 9.79. The topological polar surface area (TPSA) is 62.8 Å². The van der Waals surface area contributed by atoms with E-state index >= 15 is 0 Å². The lowest BCUT2D eigenvalue weighted by molar-refractivity contribution is 0.0375. The first kappa shape index (κ1) is 18.2. The van der Waals surface area contributed by atoms with Crippen LogP contribution in [0.2, 0.25) is 0 Å². The molecule has 1 fully saturated rings. The van der Waals surface area contributed by atoms with Crippen molar-refractivity contribution >= 4 is 11.7 Å². The van der Waals surface area contributed by atoms with Crippen LogP contribution in [-0.4, -0.2) is 50.3 Å². The smallest absolute Gasteiger partial charge is 0.319 e. The molecule has 3 rings (SSSR count). The lowest BCUT2D eigenvalue weighted by atomic mass is 10.3. The second-order valence-electron chi connectivity index (χ2n) is 6.13. The molecule has 1 aliphatic rings. The highest BCUT2D eigenvalue weighted by Crippen LogP contribution is 2.23. The number of hydrogen-bond acceptors (Lipinski definition) is 4.